The van der Waals surface area contributed by atoms with Crippen LogP contribution in [0.15, 0.2) is 18.3 Å². The Bertz CT molecular complexity index is 400. The predicted molar refractivity (Wildman–Crippen MR) is 60.5 cm³/mol. The molecule has 1 aliphatic rings. The number of β-amino-alcohol motifs (C(OH)–C–C–N with tert-alkyl or cyclic N) is 1. The van der Waals surface area contributed by atoms with Crippen molar-refractivity contribution in [2.24, 2.45) is 0 Å². The first-order valence-corrected chi connectivity index (χ1v) is 5.18. The van der Waals surface area contributed by atoms with Gasteiger partial charge >= 0.3 is 0 Å². The van der Waals surface area contributed by atoms with Crippen LogP contribution in [0.5, 0.6) is 0 Å². The highest BCUT2D eigenvalue weighted by molar-refractivity contribution is 5.95. The molecule has 1 aromatic rings. The van der Waals surface area contributed by atoms with Gasteiger partial charge < -0.3 is 14.9 Å². The summed E-state index contributed by atoms with van der Waals surface area (Å²) >= 11 is 0. The Balaban J connectivity index is 2.14. The fourth-order valence-electron chi connectivity index (χ4n) is 1.60. The first kappa shape index (κ1) is 10.9. The standard InChI is InChI=1S/C11H15N3O2/c1-13(2)10-5-8(3-4-12-10)11(16)14-6-9(15)7-14/h3-5,9,15H,6-7H2,1-2H3. The zero-order valence-electron chi connectivity index (χ0n) is 9.42. The van der Waals surface area contributed by atoms with Crippen LogP contribution >= 0.6 is 0 Å². The summed E-state index contributed by atoms with van der Waals surface area (Å²) in [5.74, 6) is 0.711. The van der Waals surface area contributed by atoms with E-state index >= 15 is 0 Å². The van der Waals surface area contributed by atoms with Crippen molar-refractivity contribution in [3.8, 4) is 0 Å². The molecule has 0 aliphatic carbocycles. The molecule has 86 valence electrons. The second-order valence-corrected chi connectivity index (χ2v) is 4.16. The molecule has 1 amide bonds. The summed E-state index contributed by atoms with van der Waals surface area (Å²) < 4.78 is 0. The second kappa shape index (κ2) is 4.09. The van der Waals surface area contributed by atoms with Crippen molar-refractivity contribution in [3.63, 3.8) is 0 Å². The van der Waals surface area contributed by atoms with Crippen molar-refractivity contribution < 1.29 is 9.90 Å². The van der Waals surface area contributed by atoms with Crippen LogP contribution in [-0.2, 0) is 0 Å². The molecule has 1 fully saturated rings. The number of carbonyl (C=O) groups is 1. The molecular weight excluding hydrogens is 206 g/mol. The molecule has 1 aromatic heterocycles. The molecule has 2 rings (SSSR count). The highest BCUT2D eigenvalue weighted by Crippen LogP contribution is 2.15. The van der Waals surface area contributed by atoms with E-state index in [1.165, 1.54) is 0 Å². The average Bonchev–Trinajstić information content (AvgIpc) is 2.24. The summed E-state index contributed by atoms with van der Waals surface area (Å²) in [5.41, 5.74) is 0.616. The number of rotatable bonds is 2. The predicted octanol–water partition coefficient (Wildman–Crippen LogP) is -0.0357. The molecule has 5 nitrogen and oxygen atoms in total. The Hall–Kier alpha value is -1.62. The number of pyridine rings is 1. The molecule has 16 heavy (non-hydrogen) atoms. The number of likely N-dealkylation sites (tertiary alicyclic amines) is 1. The lowest BCUT2D eigenvalue weighted by molar-refractivity contribution is 0.00589. The molecule has 0 atom stereocenters. The first-order valence-electron chi connectivity index (χ1n) is 5.18. The molecule has 1 saturated heterocycles. The Morgan fingerprint density at radius 2 is 2.25 bits per heavy atom. The maximum atomic E-state index is 11.9. The maximum Gasteiger partial charge on any atom is 0.254 e. The van der Waals surface area contributed by atoms with Gasteiger partial charge in [-0.05, 0) is 12.1 Å². The fourth-order valence-corrected chi connectivity index (χ4v) is 1.60. The van der Waals surface area contributed by atoms with Crippen LogP contribution in [-0.4, -0.2) is 54.2 Å². The Morgan fingerprint density at radius 3 is 2.81 bits per heavy atom. The molecule has 2 heterocycles. The van der Waals surface area contributed by atoms with Gasteiger partial charge in [-0.15, -0.1) is 0 Å². The van der Waals surface area contributed by atoms with Crippen LogP contribution in [0.2, 0.25) is 0 Å². The maximum absolute atomic E-state index is 11.9. The molecular formula is C11H15N3O2. The van der Waals surface area contributed by atoms with Crippen molar-refractivity contribution >= 4 is 11.7 Å². The number of carbonyl (C=O) groups excluding carboxylic acids is 1. The SMILES string of the molecule is CN(C)c1cc(C(=O)N2CC(O)C2)ccn1. The van der Waals surface area contributed by atoms with E-state index in [0.29, 0.717) is 18.7 Å². The smallest absolute Gasteiger partial charge is 0.254 e. The molecule has 5 heteroatoms. The Morgan fingerprint density at radius 1 is 1.56 bits per heavy atom. The average molecular weight is 221 g/mol. The van der Waals surface area contributed by atoms with Crippen LogP contribution in [0.1, 0.15) is 10.4 Å². The molecule has 0 aromatic carbocycles. The quantitative estimate of drug-likeness (QED) is 0.761. The third kappa shape index (κ3) is 1.99. The van der Waals surface area contributed by atoms with E-state index < -0.39 is 0 Å². The topological polar surface area (TPSA) is 56.7 Å². The second-order valence-electron chi connectivity index (χ2n) is 4.16. The summed E-state index contributed by atoms with van der Waals surface area (Å²) in [6, 6.07) is 3.45. The van der Waals surface area contributed by atoms with Crippen molar-refractivity contribution in [2.75, 3.05) is 32.1 Å². The van der Waals surface area contributed by atoms with Gasteiger partial charge in [0.2, 0.25) is 0 Å². The third-order valence-corrected chi connectivity index (χ3v) is 2.60. The summed E-state index contributed by atoms with van der Waals surface area (Å²) in [5, 5.41) is 9.14. The van der Waals surface area contributed by atoms with Gasteiger partial charge in [-0.3, -0.25) is 4.79 Å². The van der Waals surface area contributed by atoms with Crippen molar-refractivity contribution in [1.29, 1.82) is 0 Å². The molecule has 0 spiro atoms. The van der Waals surface area contributed by atoms with Gasteiger partial charge in [-0.2, -0.15) is 0 Å². The zero-order valence-corrected chi connectivity index (χ0v) is 9.42. The largest absolute Gasteiger partial charge is 0.389 e. The molecule has 0 saturated carbocycles. The number of aromatic nitrogens is 1. The van der Waals surface area contributed by atoms with Crippen LogP contribution in [0.25, 0.3) is 0 Å². The number of aliphatic hydroxyl groups excluding tert-OH is 1. The normalized spacial score (nSPS) is 15.8. The van der Waals surface area contributed by atoms with Crippen LogP contribution in [0.4, 0.5) is 5.82 Å². The van der Waals surface area contributed by atoms with Crippen LogP contribution in [0.3, 0.4) is 0 Å². The minimum Gasteiger partial charge on any atom is -0.389 e. The lowest BCUT2D eigenvalue weighted by Crippen LogP contribution is -2.53. The minimum absolute atomic E-state index is 0.0456. The summed E-state index contributed by atoms with van der Waals surface area (Å²) in [6.07, 6.45) is 1.26. The van der Waals surface area contributed by atoms with E-state index in [0.717, 1.165) is 5.82 Å². The third-order valence-electron chi connectivity index (χ3n) is 2.60. The Kier molecular flexibility index (Phi) is 2.78. The van der Waals surface area contributed by atoms with Gasteiger partial charge in [0.25, 0.3) is 5.91 Å². The summed E-state index contributed by atoms with van der Waals surface area (Å²) in [7, 11) is 3.76. The fraction of sp³-hybridized carbons (Fsp3) is 0.455. The van der Waals surface area contributed by atoms with E-state index in [2.05, 4.69) is 4.98 Å². The van der Waals surface area contributed by atoms with E-state index in [-0.39, 0.29) is 12.0 Å². The van der Waals surface area contributed by atoms with E-state index in [9.17, 15) is 4.79 Å². The highest BCUT2D eigenvalue weighted by atomic mass is 16.3. The molecule has 0 radical (unpaired) electrons. The lowest BCUT2D eigenvalue weighted by Gasteiger charge is -2.35. The van der Waals surface area contributed by atoms with E-state index in [4.69, 9.17) is 5.11 Å². The Labute approximate surface area is 94.3 Å². The molecule has 1 N–H and O–H groups in total. The van der Waals surface area contributed by atoms with Crippen molar-refractivity contribution in [3.05, 3.63) is 23.9 Å². The van der Waals surface area contributed by atoms with Gasteiger partial charge in [0.15, 0.2) is 0 Å². The molecule has 0 bridgehead atoms. The van der Waals surface area contributed by atoms with Crippen molar-refractivity contribution in [1.82, 2.24) is 9.88 Å². The number of nitrogens with zero attached hydrogens (tertiary/aromatic N) is 3. The number of hydrogen-bond donors (Lipinski definition) is 1. The highest BCUT2D eigenvalue weighted by Gasteiger charge is 2.29. The van der Waals surface area contributed by atoms with Crippen LogP contribution < -0.4 is 4.90 Å². The van der Waals surface area contributed by atoms with Gasteiger partial charge in [0.1, 0.15) is 5.82 Å². The van der Waals surface area contributed by atoms with E-state index in [1.807, 2.05) is 19.0 Å². The number of amides is 1. The van der Waals surface area contributed by atoms with Gasteiger partial charge in [-0.1, -0.05) is 0 Å². The summed E-state index contributed by atoms with van der Waals surface area (Å²) in [6.45, 7) is 0.858. The van der Waals surface area contributed by atoms with Gasteiger partial charge in [0, 0.05) is 38.9 Å². The zero-order chi connectivity index (χ0) is 11.7. The number of anilines is 1. The number of hydrogen-bond acceptors (Lipinski definition) is 4. The molecule has 0 unspecified atom stereocenters. The van der Waals surface area contributed by atoms with Crippen LogP contribution in [0, 0.1) is 0 Å². The molecule has 1 aliphatic heterocycles. The van der Waals surface area contributed by atoms with E-state index in [1.54, 1.807) is 23.2 Å². The minimum atomic E-state index is -0.362. The van der Waals surface area contributed by atoms with Gasteiger partial charge in [-0.25, -0.2) is 4.98 Å². The lowest BCUT2D eigenvalue weighted by atomic mass is 10.1. The van der Waals surface area contributed by atoms with Gasteiger partial charge in [0.05, 0.1) is 6.10 Å². The number of aliphatic hydroxyl groups is 1. The van der Waals surface area contributed by atoms with Crippen molar-refractivity contribution in [2.45, 2.75) is 6.10 Å². The monoisotopic (exact) mass is 221 g/mol. The summed E-state index contributed by atoms with van der Waals surface area (Å²) in [4.78, 5) is 19.5. The first-order chi connectivity index (χ1) is 7.58.